The molecule has 1 heterocycles. The third kappa shape index (κ3) is 2.26. The molecule has 1 fully saturated rings. The highest BCUT2D eigenvalue weighted by Crippen LogP contribution is 2.26. The summed E-state index contributed by atoms with van der Waals surface area (Å²) < 4.78 is 0. The van der Waals surface area contributed by atoms with E-state index in [0.717, 1.165) is 0 Å². The van der Waals surface area contributed by atoms with Gasteiger partial charge in [0.2, 0.25) is 0 Å². The van der Waals surface area contributed by atoms with Crippen molar-refractivity contribution in [2.45, 2.75) is 18.9 Å². The highest BCUT2D eigenvalue weighted by atomic mass is 35.5. The number of carbonyl (C=O) groups excluding carboxylic acids is 1. The molecular weight excluding hydrogens is 258 g/mol. The molecule has 0 aliphatic carbocycles. The van der Waals surface area contributed by atoms with Gasteiger partial charge in [-0.05, 0) is 31.0 Å². The van der Waals surface area contributed by atoms with Gasteiger partial charge >= 0.3 is 5.97 Å². The summed E-state index contributed by atoms with van der Waals surface area (Å²) >= 11 is 5.68. The summed E-state index contributed by atoms with van der Waals surface area (Å²) in [5.41, 5.74) is 0.0764. The smallest absolute Gasteiger partial charge is 0.326 e. The molecule has 96 valence electrons. The number of amides is 1. The molecule has 0 bridgehead atoms. The van der Waals surface area contributed by atoms with Crippen LogP contribution in [0.2, 0.25) is 5.02 Å². The van der Waals surface area contributed by atoms with Crippen LogP contribution in [-0.2, 0) is 4.79 Å². The van der Waals surface area contributed by atoms with E-state index in [1.807, 2.05) is 0 Å². The number of carboxylic acid groups (broad SMARTS) is 1. The van der Waals surface area contributed by atoms with Crippen LogP contribution in [-0.4, -0.2) is 39.6 Å². The van der Waals surface area contributed by atoms with Crippen LogP contribution >= 0.6 is 11.6 Å². The largest absolute Gasteiger partial charge is 0.507 e. The van der Waals surface area contributed by atoms with Gasteiger partial charge in [-0.1, -0.05) is 11.6 Å². The molecule has 18 heavy (non-hydrogen) atoms. The van der Waals surface area contributed by atoms with Gasteiger partial charge < -0.3 is 15.1 Å². The SMILES string of the molecule is O=C(O)C1CCCN1C(=O)c1ccc(Cl)cc1O. The first-order valence-electron chi connectivity index (χ1n) is 5.53. The quantitative estimate of drug-likeness (QED) is 0.857. The first kappa shape index (κ1) is 12.7. The second-order valence-corrected chi connectivity index (χ2v) is 4.59. The molecule has 0 radical (unpaired) electrons. The van der Waals surface area contributed by atoms with Gasteiger partial charge in [0.1, 0.15) is 11.8 Å². The van der Waals surface area contributed by atoms with Gasteiger partial charge in [-0.25, -0.2) is 4.79 Å². The van der Waals surface area contributed by atoms with E-state index in [1.54, 1.807) is 0 Å². The molecule has 0 saturated carbocycles. The van der Waals surface area contributed by atoms with Crippen LogP contribution in [0.15, 0.2) is 18.2 Å². The molecule has 1 aromatic carbocycles. The van der Waals surface area contributed by atoms with Crippen LogP contribution in [0.1, 0.15) is 23.2 Å². The Hall–Kier alpha value is -1.75. The minimum atomic E-state index is -1.02. The Morgan fingerprint density at radius 2 is 2.11 bits per heavy atom. The minimum absolute atomic E-state index is 0.0764. The van der Waals surface area contributed by atoms with Crippen molar-refractivity contribution < 1.29 is 19.8 Å². The van der Waals surface area contributed by atoms with Crippen molar-refractivity contribution in [3.05, 3.63) is 28.8 Å². The molecule has 0 aromatic heterocycles. The monoisotopic (exact) mass is 269 g/mol. The summed E-state index contributed by atoms with van der Waals surface area (Å²) in [6.45, 7) is 0.387. The molecule has 1 unspecified atom stereocenters. The predicted octanol–water partition coefficient (Wildman–Crippen LogP) is 1.73. The van der Waals surface area contributed by atoms with Crippen molar-refractivity contribution in [3.8, 4) is 5.75 Å². The van der Waals surface area contributed by atoms with Gasteiger partial charge in [-0.2, -0.15) is 0 Å². The number of benzene rings is 1. The van der Waals surface area contributed by atoms with Gasteiger partial charge in [0.05, 0.1) is 5.56 Å². The number of nitrogens with zero attached hydrogens (tertiary/aromatic N) is 1. The molecular formula is C12H12ClNO4. The fourth-order valence-electron chi connectivity index (χ4n) is 2.11. The Labute approximate surface area is 109 Å². The molecule has 2 rings (SSSR count). The molecule has 1 saturated heterocycles. The number of likely N-dealkylation sites (tertiary alicyclic amines) is 1. The van der Waals surface area contributed by atoms with Gasteiger partial charge in [0, 0.05) is 11.6 Å². The van der Waals surface area contributed by atoms with E-state index in [4.69, 9.17) is 16.7 Å². The van der Waals surface area contributed by atoms with Crippen LogP contribution in [0.3, 0.4) is 0 Å². The van der Waals surface area contributed by atoms with Crippen molar-refractivity contribution >= 4 is 23.5 Å². The zero-order chi connectivity index (χ0) is 13.3. The Kier molecular flexibility index (Phi) is 3.43. The summed E-state index contributed by atoms with van der Waals surface area (Å²) in [4.78, 5) is 24.4. The summed E-state index contributed by atoms with van der Waals surface area (Å²) in [6.07, 6.45) is 1.09. The van der Waals surface area contributed by atoms with Crippen molar-refractivity contribution in [2.75, 3.05) is 6.54 Å². The number of phenolic OH excluding ortho intramolecular Hbond substituents is 1. The molecule has 6 heteroatoms. The molecule has 1 amide bonds. The first-order chi connectivity index (χ1) is 8.50. The molecule has 5 nitrogen and oxygen atoms in total. The summed E-state index contributed by atoms with van der Waals surface area (Å²) in [5.74, 6) is -1.73. The number of rotatable bonds is 2. The third-order valence-corrected chi connectivity index (χ3v) is 3.22. The number of hydrogen-bond acceptors (Lipinski definition) is 3. The number of hydrogen-bond donors (Lipinski definition) is 2. The van der Waals surface area contributed by atoms with E-state index >= 15 is 0 Å². The molecule has 1 aromatic rings. The average Bonchev–Trinajstić information content (AvgIpc) is 2.77. The Morgan fingerprint density at radius 1 is 1.39 bits per heavy atom. The van der Waals surface area contributed by atoms with Gasteiger partial charge in [0.25, 0.3) is 5.91 Å². The van der Waals surface area contributed by atoms with Crippen molar-refractivity contribution in [1.82, 2.24) is 4.90 Å². The predicted molar refractivity (Wildman–Crippen MR) is 64.8 cm³/mol. The lowest BCUT2D eigenvalue weighted by Gasteiger charge is -2.21. The Morgan fingerprint density at radius 3 is 2.72 bits per heavy atom. The van der Waals surface area contributed by atoms with Crippen molar-refractivity contribution in [1.29, 1.82) is 0 Å². The van der Waals surface area contributed by atoms with Gasteiger partial charge in [-0.15, -0.1) is 0 Å². The number of carbonyl (C=O) groups is 2. The van der Waals surface area contributed by atoms with Crippen LogP contribution in [0.4, 0.5) is 0 Å². The lowest BCUT2D eigenvalue weighted by Crippen LogP contribution is -2.40. The summed E-state index contributed by atoms with van der Waals surface area (Å²) in [5, 5.41) is 19.0. The molecule has 1 aliphatic heterocycles. The molecule has 0 spiro atoms. The average molecular weight is 270 g/mol. The van der Waals surface area contributed by atoms with E-state index in [9.17, 15) is 14.7 Å². The third-order valence-electron chi connectivity index (χ3n) is 2.99. The number of aliphatic carboxylic acids is 1. The van der Waals surface area contributed by atoms with E-state index in [0.29, 0.717) is 24.4 Å². The standard InChI is InChI=1S/C12H12ClNO4/c13-7-3-4-8(10(15)6-7)11(16)14-5-1-2-9(14)12(17)18/h3-4,6,9,15H,1-2,5H2,(H,17,18). The fourth-order valence-corrected chi connectivity index (χ4v) is 2.27. The second kappa shape index (κ2) is 4.86. The topological polar surface area (TPSA) is 77.8 Å². The second-order valence-electron chi connectivity index (χ2n) is 4.16. The van der Waals surface area contributed by atoms with Crippen molar-refractivity contribution in [3.63, 3.8) is 0 Å². The number of carboxylic acids is 1. The van der Waals surface area contributed by atoms with E-state index in [-0.39, 0.29) is 11.3 Å². The molecule has 2 N–H and O–H groups in total. The number of aromatic hydroxyl groups is 1. The summed E-state index contributed by atoms with van der Waals surface area (Å²) in [7, 11) is 0. The van der Waals surface area contributed by atoms with Crippen molar-refractivity contribution in [2.24, 2.45) is 0 Å². The first-order valence-corrected chi connectivity index (χ1v) is 5.91. The van der Waals surface area contributed by atoms with E-state index in [1.165, 1.54) is 23.1 Å². The van der Waals surface area contributed by atoms with E-state index < -0.39 is 17.9 Å². The lowest BCUT2D eigenvalue weighted by molar-refractivity contribution is -0.141. The number of phenols is 1. The maximum Gasteiger partial charge on any atom is 0.326 e. The van der Waals surface area contributed by atoms with E-state index in [2.05, 4.69) is 0 Å². The van der Waals surface area contributed by atoms with Gasteiger partial charge in [0.15, 0.2) is 0 Å². The molecule has 1 atom stereocenters. The maximum absolute atomic E-state index is 12.2. The van der Waals surface area contributed by atoms with Crippen LogP contribution in [0.25, 0.3) is 0 Å². The highest BCUT2D eigenvalue weighted by molar-refractivity contribution is 6.30. The van der Waals surface area contributed by atoms with Crippen LogP contribution < -0.4 is 0 Å². The summed E-state index contributed by atoms with van der Waals surface area (Å²) in [6, 6.07) is 3.34. The normalized spacial score (nSPS) is 18.9. The molecule has 1 aliphatic rings. The minimum Gasteiger partial charge on any atom is -0.507 e. The van der Waals surface area contributed by atoms with Gasteiger partial charge in [-0.3, -0.25) is 4.79 Å². The highest BCUT2D eigenvalue weighted by Gasteiger charge is 2.35. The zero-order valence-corrected chi connectivity index (χ0v) is 10.2. The Balaban J connectivity index is 2.28. The van der Waals surface area contributed by atoms with Crippen LogP contribution in [0.5, 0.6) is 5.75 Å². The Bertz CT molecular complexity index is 503. The lowest BCUT2D eigenvalue weighted by atomic mass is 10.1. The fraction of sp³-hybridized carbons (Fsp3) is 0.333. The number of halogens is 1. The zero-order valence-electron chi connectivity index (χ0n) is 9.47. The van der Waals surface area contributed by atoms with Crippen LogP contribution in [0, 0.1) is 0 Å². The maximum atomic E-state index is 12.2.